The maximum Gasteiger partial charge on any atom is 0.326 e. The second-order valence-electron chi connectivity index (χ2n) is 5.23. The lowest BCUT2D eigenvalue weighted by Gasteiger charge is -2.24. The number of ether oxygens (including phenoxy) is 1. The van der Waals surface area contributed by atoms with Crippen LogP contribution in [0.1, 0.15) is 19.3 Å². The van der Waals surface area contributed by atoms with Crippen molar-refractivity contribution in [2.45, 2.75) is 25.3 Å². The van der Waals surface area contributed by atoms with Crippen molar-refractivity contribution in [2.75, 3.05) is 31.8 Å². The minimum atomic E-state index is -0.843. The second-order valence-corrected chi connectivity index (χ2v) is 6.33. The molecule has 0 bridgehead atoms. The average Bonchev–Trinajstić information content (AvgIpc) is 2.93. The predicted molar refractivity (Wildman–Crippen MR) is 73.2 cm³/mol. The van der Waals surface area contributed by atoms with E-state index in [1.165, 1.54) is 11.8 Å². The molecule has 0 radical (unpaired) electrons. The number of rotatable bonds is 6. The van der Waals surface area contributed by atoms with Gasteiger partial charge in [0.1, 0.15) is 6.04 Å². The molecule has 19 heavy (non-hydrogen) atoms. The highest BCUT2D eigenvalue weighted by Gasteiger charge is 2.49. The molecule has 108 valence electrons. The van der Waals surface area contributed by atoms with Crippen molar-refractivity contribution in [2.24, 2.45) is 11.8 Å². The van der Waals surface area contributed by atoms with Crippen molar-refractivity contribution >= 4 is 23.6 Å². The fraction of sp³-hybridized carbons (Fsp3) is 0.846. The summed E-state index contributed by atoms with van der Waals surface area (Å²) in [4.78, 5) is 25.2. The number of amides is 1. The molecule has 1 aliphatic heterocycles. The predicted octanol–water partition coefficient (Wildman–Crippen LogP) is 1.08. The van der Waals surface area contributed by atoms with Crippen LogP contribution in [0.2, 0.25) is 0 Å². The molecule has 1 saturated carbocycles. The van der Waals surface area contributed by atoms with E-state index in [0.29, 0.717) is 24.8 Å². The van der Waals surface area contributed by atoms with Crippen LogP contribution in [0.25, 0.3) is 0 Å². The van der Waals surface area contributed by atoms with Crippen molar-refractivity contribution in [1.82, 2.24) is 4.90 Å². The number of carboxylic acid groups (broad SMARTS) is 1. The first-order valence-electron chi connectivity index (χ1n) is 6.74. The van der Waals surface area contributed by atoms with E-state index in [-0.39, 0.29) is 11.8 Å². The quantitative estimate of drug-likeness (QED) is 0.740. The van der Waals surface area contributed by atoms with E-state index in [2.05, 4.69) is 0 Å². The number of hydrogen-bond donors (Lipinski definition) is 1. The smallest absolute Gasteiger partial charge is 0.326 e. The first-order chi connectivity index (χ1) is 9.15. The number of carbonyl (C=O) groups is 2. The number of likely N-dealkylation sites (tertiary alicyclic amines) is 1. The molecule has 2 fully saturated rings. The molecule has 1 N–H and O–H groups in total. The largest absolute Gasteiger partial charge is 0.480 e. The van der Waals surface area contributed by atoms with Crippen LogP contribution in [0, 0.1) is 11.8 Å². The highest BCUT2D eigenvalue weighted by atomic mass is 32.2. The van der Waals surface area contributed by atoms with Crippen molar-refractivity contribution in [3.63, 3.8) is 0 Å². The Morgan fingerprint density at radius 2 is 2.21 bits per heavy atom. The van der Waals surface area contributed by atoms with Gasteiger partial charge in [0.15, 0.2) is 0 Å². The molecule has 3 unspecified atom stereocenters. The molecule has 0 spiro atoms. The number of methoxy groups -OCH3 is 1. The van der Waals surface area contributed by atoms with Gasteiger partial charge in [0.2, 0.25) is 5.91 Å². The minimum Gasteiger partial charge on any atom is -0.480 e. The van der Waals surface area contributed by atoms with Gasteiger partial charge in [-0.25, -0.2) is 4.79 Å². The zero-order valence-electron chi connectivity index (χ0n) is 11.2. The Bertz CT molecular complexity index is 350. The van der Waals surface area contributed by atoms with Gasteiger partial charge in [0.05, 0.1) is 12.4 Å². The van der Waals surface area contributed by atoms with E-state index in [9.17, 15) is 14.7 Å². The Labute approximate surface area is 117 Å². The summed E-state index contributed by atoms with van der Waals surface area (Å²) in [6, 6.07) is -0.594. The van der Waals surface area contributed by atoms with Crippen LogP contribution in [0.5, 0.6) is 0 Å². The third-order valence-electron chi connectivity index (χ3n) is 4.12. The standard InChI is InChI=1S/C13H21NO4S/c1-18-5-6-19-8-11(15)14-7-9-3-2-4-10(9)12(14)13(16)17/h9-10,12H,2-8H2,1H3,(H,16,17). The van der Waals surface area contributed by atoms with Crippen molar-refractivity contribution in [3.8, 4) is 0 Å². The number of thioether (sulfide) groups is 1. The van der Waals surface area contributed by atoms with Gasteiger partial charge in [-0.2, -0.15) is 0 Å². The zero-order chi connectivity index (χ0) is 13.8. The zero-order valence-corrected chi connectivity index (χ0v) is 12.0. The van der Waals surface area contributed by atoms with Crippen molar-refractivity contribution in [1.29, 1.82) is 0 Å². The SMILES string of the molecule is COCCSCC(=O)N1CC2CCCC2C1C(=O)O. The van der Waals surface area contributed by atoms with E-state index < -0.39 is 12.0 Å². The van der Waals surface area contributed by atoms with Crippen LogP contribution in [-0.2, 0) is 14.3 Å². The van der Waals surface area contributed by atoms with Crippen LogP contribution in [0.4, 0.5) is 0 Å². The van der Waals surface area contributed by atoms with E-state index in [4.69, 9.17) is 4.74 Å². The summed E-state index contributed by atoms with van der Waals surface area (Å²) in [6.45, 7) is 1.25. The van der Waals surface area contributed by atoms with Gasteiger partial charge in [-0.15, -0.1) is 11.8 Å². The first-order valence-corrected chi connectivity index (χ1v) is 7.89. The molecule has 0 aromatic carbocycles. The maximum atomic E-state index is 12.2. The van der Waals surface area contributed by atoms with E-state index in [0.717, 1.165) is 25.0 Å². The monoisotopic (exact) mass is 287 g/mol. The van der Waals surface area contributed by atoms with Gasteiger partial charge in [0.25, 0.3) is 0 Å². The summed E-state index contributed by atoms with van der Waals surface area (Å²) in [5.41, 5.74) is 0. The first kappa shape index (κ1) is 14.7. The number of carboxylic acids is 1. The molecule has 5 nitrogen and oxygen atoms in total. The summed E-state index contributed by atoms with van der Waals surface area (Å²) in [5, 5.41) is 9.37. The van der Waals surface area contributed by atoms with Crippen LogP contribution >= 0.6 is 11.8 Å². The molecule has 1 heterocycles. The van der Waals surface area contributed by atoms with Crippen molar-refractivity contribution < 1.29 is 19.4 Å². The van der Waals surface area contributed by atoms with Crippen molar-refractivity contribution in [3.05, 3.63) is 0 Å². The van der Waals surface area contributed by atoms with Crippen LogP contribution in [0.3, 0.4) is 0 Å². The maximum absolute atomic E-state index is 12.2. The summed E-state index contributed by atoms with van der Waals surface area (Å²) in [7, 11) is 1.63. The summed E-state index contributed by atoms with van der Waals surface area (Å²) in [6.07, 6.45) is 3.11. The number of carbonyl (C=O) groups excluding carboxylic acids is 1. The highest BCUT2D eigenvalue weighted by molar-refractivity contribution is 7.99. The van der Waals surface area contributed by atoms with E-state index in [1.807, 2.05) is 0 Å². The molecular formula is C13H21NO4S. The van der Waals surface area contributed by atoms with Gasteiger partial charge in [0, 0.05) is 19.4 Å². The number of aliphatic carboxylic acids is 1. The summed E-state index contributed by atoms with van der Waals surface area (Å²) < 4.78 is 4.93. The Balaban J connectivity index is 1.91. The number of nitrogens with zero attached hydrogens (tertiary/aromatic N) is 1. The lowest BCUT2D eigenvalue weighted by atomic mass is 9.94. The highest BCUT2D eigenvalue weighted by Crippen LogP contribution is 2.42. The topological polar surface area (TPSA) is 66.8 Å². The third-order valence-corrected chi connectivity index (χ3v) is 5.03. The van der Waals surface area contributed by atoms with E-state index in [1.54, 1.807) is 12.0 Å². The lowest BCUT2D eigenvalue weighted by molar-refractivity contribution is -0.148. The van der Waals surface area contributed by atoms with Crippen LogP contribution < -0.4 is 0 Å². The second kappa shape index (κ2) is 6.61. The molecular weight excluding hydrogens is 266 g/mol. The molecule has 0 aromatic heterocycles. The Morgan fingerprint density at radius 3 is 2.89 bits per heavy atom. The molecule has 1 amide bonds. The van der Waals surface area contributed by atoms with Gasteiger partial charge < -0.3 is 14.7 Å². The number of hydrogen-bond acceptors (Lipinski definition) is 4. The molecule has 3 atom stereocenters. The lowest BCUT2D eigenvalue weighted by Crippen LogP contribution is -2.44. The summed E-state index contributed by atoms with van der Waals surface area (Å²) in [5.74, 6) is 0.805. The Kier molecular flexibility index (Phi) is 5.10. The molecule has 0 aromatic rings. The molecule has 6 heteroatoms. The molecule has 1 aliphatic carbocycles. The molecule has 2 aliphatic rings. The van der Waals surface area contributed by atoms with Gasteiger partial charge >= 0.3 is 5.97 Å². The van der Waals surface area contributed by atoms with Crippen LogP contribution in [0.15, 0.2) is 0 Å². The fourth-order valence-corrected chi connectivity index (χ4v) is 4.03. The molecule has 1 saturated heterocycles. The minimum absolute atomic E-state index is 0.0390. The summed E-state index contributed by atoms with van der Waals surface area (Å²) >= 11 is 1.51. The Hall–Kier alpha value is -0.750. The van der Waals surface area contributed by atoms with Gasteiger partial charge in [-0.1, -0.05) is 6.42 Å². The fourth-order valence-electron chi connectivity index (χ4n) is 3.26. The normalized spacial score (nSPS) is 29.5. The average molecular weight is 287 g/mol. The Morgan fingerprint density at radius 1 is 1.42 bits per heavy atom. The van der Waals surface area contributed by atoms with Crippen LogP contribution in [-0.4, -0.2) is 59.7 Å². The third kappa shape index (κ3) is 3.23. The van der Waals surface area contributed by atoms with E-state index >= 15 is 0 Å². The van der Waals surface area contributed by atoms with Gasteiger partial charge in [-0.05, 0) is 24.7 Å². The number of fused-ring (bicyclic) bond motifs is 1. The van der Waals surface area contributed by atoms with Gasteiger partial charge in [-0.3, -0.25) is 4.79 Å². The molecule has 2 rings (SSSR count).